The van der Waals surface area contributed by atoms with Crippen molar-refractivity contribution in [3.8, 4) is 10.8 Å². The van der Waals surface area contributed by atoms with Crippen LogP contribution in [0.1, 0.15) is 23.1 Å². The van der Waals surface area contributed by atoms with Crippen LogP contribution in [-0.4, -0.2) is 17.5 Å². The van der Waals surface area contributed by atoms with Crippen LogP contribution in [0.4, 0.5) is 0 Å². The second-order valence-corrected chi connectivity index (χ2v) is 7.15. The van der Waals surface area contributed by atoms with E-state index in [0.717, 1.165) is 29.6 Å². The van der Waals surface area contributed by atoms with Gasteiger partial charge in [-0.3, -0.25) is 0 Å². The van der Waals surface area contributed by atoms with Crippen LogP contribution in [0.3, 0.4) is 0 Å². The maximum absolute atomic E-state index is 5.53. The topological polar surface area (TPSA) is 62.5 Å². The summed E-state index contributed by atoms with van der Waals surface area (Å²) < 4.78 is 5.53. The fourth-order valence-electron chi connectivity index (χ4n) is 2.14. The molecule has 0 atom stereocenters. The Morgan fingerprint density at radius 3 is 2.88 bits per heavy atom. The van der Waals surface area contributed by atoms with Gasteiger partial charge in [-0.05, 0) is 42.3 Å². The molecule has 0 fully saturated rings. The molecule has 0 bridgehead atoms. The molecule has 0 radical (unpaired) electrons. The summed E-state index contributed by atoms with van der Waals surface area (Å²) in [5.74, 6) is 1.44. The SMILES string of the molecule is CCNC(=NCc1coc(-c2cccs2)n1)NCc1sccc1C. The zero-order chi connectivity index (χ0) is 16.8. The van der Waals surface area contributed by atoms with Gasteiger partial charge in [0.05, 0.1) is 18.0 Å². The monoisotopic (exact) mass is 360 g/mol. The van der Waals surface area contributed by atoms with E-state index in [0.29, 0.717) is 12.4 Å². The molecule has 0 aliphatic carbocycles. The summed E-state index contributed by atoms with van der Waals surface area (Å²) in [7, 11) is 0. The van der Waals surface area contributed by atoms with E-state index in [1.807, 2.05) is 17.5 Å². The van der Waals surface area contributed by atoms with E-state index in [4.69, 9.17) is 4.42 Å². The van der Waals surface area contributed by atoms with Crippen LogP contribution in [0.5, 0.6) is 0 Å². The van der Waals surface area contributed by atoms with Gasteiger partial charge in [0.25, 0.3) is 0 Å². The number of aliphatic imine (C=N–C) groups is 1. The molecule has 5 nitrogen and oxygen atoms in total. The Morgan fingerprint density at radius 1 is 1.25 bits per heavy atom. The van der Waals surface area contributed by atoms with E-state index in [-0.39, 0.29) is 0 Å². The van der Waals surface area contributed by atoms with Gasteiger partial charge in [-0.1, -0.05) is 6.07 Å². The van der Waals surface area contributed by atoms with Gasteiger partial charge in [0.1, 0.15) is 12.0 Å². The minimum Gasteiger partial charge on any atom is -0.443 e. The summed E-state index contributed by atoms with van der Waals surface area (Å²) in [5.41, 5.74) is 2.13. The molecule has 0 amide bonds. The molecule has 126 valence electrons. The molecule has 0 unspecified atom stereocenters. The van der Waals surface area contributed by atoms with Crippen molar-refractivity contribution in [2.75, 3.05) is 6.54 Å². The molecule has 3 heterocycles. The van der Waals surface area contributed by atoms with Gasteiger partial charge in [0.2, 0.25) is 5.89 Å². The normalized spacial score (nSPS) is 11.7. The van der Waals surface area contributed by atoms with E-state index in [1.165, 1.54) is 10.4 Å². The van der Waals surface area contributed by atoms with Gasteiger partial charge in [0, 0.05) is 11.4 Å². The van der Waals surface area contributed by atoms with Crippen LogP contribution >= 0.6 is 22.7 Å². The predicted octanol–water partition coefficient (Wildman–Crippen LogP) is 4.03. The Bertz CT molecular complexity index is 789. The van der Waals surface area contributed by atoms with Gasteiger partial charge in [-0.2, -0.15) is 0 Å². The van der Waals surface area contributed by atoms with Crippen LogP contribution in [0.2, 0.25) is 0 Å². The minimum atomic E-state index is 0.480. The molecule has 0 saturated carbocycles. The third kappa shape index (κ3) is 4.24. The number of hydrogen-bond donors (Lipinski definition) is 2. The lowest BCUT2D eigenvalue weighted by molar-refractivity contribution is 0.574. The average molecular weight is 361 g/mol. The Hall–Kier alpha value is -2.12. The van der Waals surface area contributed by atoms with E-state index in [2.05, 4.69) is 45.9 Å². The summed E-state index contributed by atoms with van der Waals surface area (Å²) in [5, 5.41) is 10.7. The molecule has 0 aliphatic heterocycles. The third-order valence-electron chi connectivity index (χ3n) is 3.41. The van der Waals surface area contributed by atoms with Gasteiger partial charge in [0.15, 0.2) is 5.96 Å². The standard InChI is InChI=1S/C17H20N4OS2/c1-3-18-17(20-10-15-12(2)6-8-24-15)19-9-13-11-22-16(21-13)14-5-4-7-23-14/h4-8,11H,3,9-10H2,1-2H3,(H2,18,19,20). The molecule has 0 aliphatic rings. The van der Waals surface area contributed by atoms with E-state index in [9.17, 15) is 0 Å². The molecular formula is C17H20N4OS2. The van der Waals surface area contributed by atoms with E-state index >= 15 is 0 Å². The van der Waals surface area contributed by atoms with Crippen molar-refractivity contribution in [1.82, 2.24) is 15.6 Å². The van der Waals surface area contributed by atoms with Gasteiger partial charge >= 0.3 is 0 Å². The largest absolute Gasteiger partial charge is 0.443 e. The predicted molar refractivity (Wildman–Crippen MR) is 101 cm³/mol. The van der Waals surface area contributed by atoms with Crippen molar-refractivity contribution < 1.29 is 4.42 Å². The van der Waals surface area contributed by atoms with Crippen molar-refractivity contribution in [3.05, 3.63) is 51.4 Å². The Balaban J connectivity index is 1.62. The second-order valence-electron chi connectivity index (χ2n) is 5.20. The lowest BCUT2D eigenvalue weighted by Crippen LogP contribution is -2.36. The van der Waals surface area contributed by atoms with Crippen LogP contribution < -0.4 is 10.6 Å². The second kappa shape index (κ2) is 8.12. The highest BCUT2D eigenvalue weighted by molar-refractivity contribution is 7.13. The van der Waals surface area contributed by atoms with Crippen molar-refractivity contribution >= 4 is 28.6 Å². The zero-order valence-electron chi connectivity index (χ0n) is 13.7. The van der Waals surface area contributed by atoms with E-state index in [1.54, 1.807) is 28.9 Å². The highest BCUT2D eigenvalue weighted by atomic mass is 32.1. The van der Waals surface area contributed by atoms with Crippen molar-refractivity contribution in [1.29, 1.82) is 0 Å². The number of thiophene rings is 2. The lowest BCUT2D eigenvalue weighted by Gasteiger charge is -2.10. The first-order valence-corrected chi connectivity index (χ1v) is 9.55. The van der Waals surface area contributed by atoms with Crippen molar-refractivity contribution in [2.45, 2.75) is 26.9 Å². The number of rotatable bonds is 6. The quantitative estimate of drug-likeness (QED) is 0.515. The Labute approximate surface area is 149 Å². The van der Waals surface area contributed by atoms with Gasteiger partial charge < -0.3 is 15.1 Å². The first kappa shape index (κ1) is 16.7. The number of nitrogens with zero attached hydrogens (tertiary/aromatic N) is 2. The summed E-state index contributed by atoms with van der Waals surface area (Å²) in [6, 6.07) is 6.12. The molecule has 0 saturated heterocycles. The maximum Gasteiger partial charge on any atom is 0.236 e. The lowest BCUT2D eigenvalue weighted by atomic mass is 10.3. The number of oxazole rings is 1. The first-order valence-electron chi connectivity index (χ1n) is 7.79. The Kier molecular flexibility index (Phi) is 5.66. The van der Waals surface area contributed by atoms with Gasteiger partial charge in [-0.15, -0.1) is 22.7 Å². The fourth-order valence-corrected chi connectivity index (χ4v) is 3.65. The van der Waals surface area contributed by atoms with Crippen molar-refractivity contribution in [3.63, 3.8) is 0 Å². The van der Waals surface area contributed by atoms with E-state index < -0.39 is 0 Å². The molecule has 0 spiro atoms. The first-order chi connectivity index (χ1) is 11.8. The molecule has 7 heteroatoms. The molecule has 2 N–H and O–H groups in total. The molecule has 3 aromatic rings. The number of aromatic nitrogens is 1. The summed E-state index contributed by atoms with van der Waals surface area (Å²) in [4.78, 5) is 11.4. The van der Waals surface area contributed by atoms with Gasteiger partial charge in [-0.25, -0.2) is 9.98 Å². The highest BCUT2D eigenvalue weighted by Gasteiger charge is 2.08. The smallest absolute Gasteiger partial charge is 0.236 e. The number of aryl methyl sites for hydroxylation is 1. The van der Waals surface area contributed by atoms with Crippen LogP contribution in [0.15, 0.2) is 44.6 Å². The molecule has 3 aromatic heterocycles. The minimum absolute atomic E-state index is 0.480. The molecule has 3 rings (SSSR count). The van der Waals surface area contributed by atoms with Crippen LogP contribution in [-0.2, 0) is 13.1 Å². The summed E-state index contributed by atoms with van der Waals surface area (Å²) in [6.07, 6.45) is 1.67. The van der Waals surface area contributed by atoms with Crippen LogP contribution in [0.25, 0.3) is 10.8 Å². The summed E-state index contributed by atoms with van der Waals surface area (Å²) in [6.45, 7) is 6.24. The average Bonchev–Trinajstić information content (AvgIpc) is 3.31. The number of nitrogens with one attached hydrogen (secondary N) is 2. The van der Waals surface area contributed by atoms with Crippen LogP contribution in [0, 0.1) is 6.92 Å². The molecular weight excluding hydrogens is 340 g/mol. The fraction of sp³-hybridized carbons (Fsp3) is 0.294. The summed E-state index contributed by atoms with van der Waals surface area (Å²) >= 11 is 3.37. The van der Waals surface area contributed by atoms with Crippen molar-refractivity contribution in [2.24, 2.45) is 4.99 Å². The molecule has 0 aromatic carbocycles. The number of hydrogen-bond acceptors (Lipinski definition) is 5. The maximum atomic E-state index is 5.53. The number of guanidine groups is 1. The highest BCUT2D eigenvalue weighted by Crippen LogP contribution is 2.23. The zero-order valence-corrected chi connectivity index (χ0v) is 15.3. The third-order valence-corrected chi connectivity index (χ3v) is 5.29. The Morgan fingerprint density at radius 2 is 2.17 bits per heavy atom. The molecule has 24 heavy (non-hydrogen) atoms.